The van der Waals surface area contributed by atoms with Crippen molar-refractivity contribution in [2.45, 2.75) is 38.6 Å². The lowest BCUT2D eigenvalue weighted by Gasteiger charge is -2.18. The number of hydrogen-bond acceptors (Lipinski definition) is 6. The van der Waals surface area contributed by atoms with E-state index in [1.807, 2.05) is 0 Å². The van der Waals surface area contributed by atoms with Gasteiger partial charge in [-0.3, -0.25) is 9.59 Å². The van der Waals surface area contributed by atoms with Gasteiger partial charge in [0.05, 0.1) is 23.7 Å². The molecule has 1 aromatic carbocycles. The molecule has 1 spiro atoms. The number of ether oxygens (including phenoxy) is 1. The molecule has 6 rings (SSSR count). The minimum absolute atomic E-state index is 0.129. The molecule has 9 nitrogen and oxygen atoms in total. The number of aromatic amines is 1. The third-order valence-electron chi connectivity index (χ3n) is 7.70. The molecule has 3 aromatic rings. The van der Waals surface area contributed by atoms with E-state index in [1.165, 1.54) is 18.5 Å². The van der Waals surface area contributed by atoms with Gasteiger partial charge >= 0.3 is 0 Å². The summed E-state index contributed by atoms with van der Waals surface area (Å²) in [4.78, 5) is 39.2. The van der Waals surface area contributed by atoms with Crippen molar-refractivity contribution in [1.29, 1.82) is 0 Å². The molecule has 3 fully saturated rings. The number of aliphatic hydroxyl groups excluding tert-OH is 1. The number of benzene rings is 1. The first-order valence-electron chi connectivity index (χ1n) is 12.3. The largest absolute Gasteiger partial charge is 0.493 e. The summed E-state index contributed by atoms with van der Waals surface area (Å²) in [6.45, 7) is 2.74. The van der Waals surface area contributed by atoms with E-state index in [-0.39, 0.29) is 23.3 Å². The third kappa shape index (κ3) is 3.99. The van der Waals surface area contributed by atoms with Crippen LogP contribution in [0.1, 0.15) is 41.7 Å². The molecule has 0 radical (unpaired) electrons. The average molecular weight is 494 g/mol. The predicted molar refractivity (Wildman–Crippen MR) is 129 cm³/mol. The van der Waals surface area contributed by atoms with Crippen LogP contribution in [0, 0.1) is 24.1 Å². The standard InChI is InChI=1S/C26H28FN5O4/c1-14-21(25(35)31-19-9-32(20(34)10-33)12-26(19)6-7-26)23-24(30-14)22(28-13-29-23)17-8-16(27)4-5-18(17)36-11-15-2-3-15/h4-5,8,13,15,19,30,33H,2-3,6-7,9-12H2,1H3,(H,31,35)/t19-/m1/s1. The van der Waals surface area contributed by atoms with Gasteiger partial charge in [0.2, 0.25) is 5.91 Å². The van der Waals surface area contributed by atoms with Crippen LogP contribution >= 0.6 is 0 Å². The van der Waals surface area contributed by atoms with Crippen LogP contribution in [-0.2, 0) is 4.79 Å². The molecule has 1 aliphatic heterocycles. The number of nitrogens with one attached hydrogen (secondary N) is 2. The smallest absolute Gasteiger partial charge is 0.255 e. The number of likely N-dealkylation sites (tertiary alicyclic amines) is 1. The van der Waals surface area contributed by atoms with Crippen molar-refractivity contribution in [3.05, 3.63) is 41.6 Å². The lowest BCUT2D eigenvalue weighted by atomic mass is 10.0. The topological polar surface area (TPSA) is 120 Å². The highest BCUT2D eigenvalue weighted by molar-refractivity contribution is 6.09. The van der Waals surface area contributed by atoms with Gasteiger partial charge in [0.15, 0.2) is 0 Å². The van der Waals surface area contributed by atoms with Gasteiger partial charge in [-0.2, -0.15) is 0 Å². The summed E-state index contributed by atoms with van der Waals surface area (Å²) in [6, 6.07) is 4.17. The lowest BCUT2D eigenvalue weighted by molar-refractivity contribution is -0.133. The first-order valence-corrected chi connectivity index (χ1v) is 12.3. The van der Waals surface area contributed by atoms with Crippen molar-refractivity contribution in [2.24, 2.45) is 11.3 Å². The van der Waals surface area contributed by atoms with Crippen LogP contribution in [0.25, 0.3) is 22.3 Å². The molecule has 0 unspecified atom stereocenters. The Balaban J connectivity index is 1.32. The fourth-order valence-electron chi connectivity index (χ4n) is 5.26. The van der Waals surface area contributed by atoms with Crippen molar-refractivity contribution < 1.29 is 23.8 Å². The Morgan fingerprint density at radius 2 is 2.11 bits per heavy atom. The SMILES string of the molecule is Cc1[nH]c2c(-c3cc(F)ccc3OCC3CC3)ncnc2c1C(=O)N[C@@H]1CN(C(=O)CO)CC12CC2. The summed E-state index contributed by atoms with van der Waals surface area (Å²) in [5, 5.41) is 12.4. The first-order chi connectivity index (χ1) is 17.4. The zero-order valence-corrected chi connectivity index (χ0v) is 20.0. The fourth-order valence-corrected chi connectivity index (χ4v) is 5.26. The molecular formula is C26H28FN5O4. The van der Waals surface area contributed by atoms with E-state index in [9.17, 15) is 19.1 Å². The van der Waals surface area contributed by atoms with Gasteiger partial charge in [0, 0.05) is 29.8 Å². The number of carbonyl (C=O) groups excluding carboxylic acids is 2. The monoisotopic (exact) mass is 493 g/mol. The van der Waals surface area contributed by atoms with Gasteiger partial charge in [-0.05, 0) is 56.7 Å². The molecular weight excluding hydrogens is 465 g/mol. The number of aromatic nitrogens is 3. The van der Waals surface area contributed by atoms with E-state index in [2.05, 4.69) is 20.3 Å². The second-order valence-corrected chi connectivity index (χ2v) is 10.3. The number of amides is 2. The van der Waals surface area contributed by atoms with Crippen LogP contribution < -0.4 is 10.1 Å². The van der Waals surface area contributed by atoms with Gasteiger partial charge in [-0.25, -0.2) is 14.4 Å². The van der Waals surface area contributed by atoms with Crippen molar-refractivity contribution in [1.82, 2.24) is 25.2 Å². The molecule has 3 aliphatic rings. The minimum Gasteiger partial charge on any atom is -0.493 e. The minimum atomic E-state index is -0.537. The summed E-state index contributed by atoms with van der Waals surface area (Å²) in [6.07, 6.45) is 5.50. The molecule has 36 heavy (non-hydrogen) atoms. The Labute approximate surface area is 207 Å². The summed E-state index contributed by atoms with van der Waals surface area (Å²) in [5.74, 6) is 0.0488. The van der Waals surface area contributed by atoms with Crippen LogP contribution in [0.15, 0.2) is 24.5 Å². The summed E-state index contributed by atoms with van der Waals surface area (Å²) >= 11 is 0. The van der Waals surface area contributed by atoms with E-state index in [1.54, 1.807) is 17.9 Å². The highest BCUT2D eigenvalue weighted by atomic mass is 19.1. The zero-order valence-electron chi connectivity index (χ0n) is 20.0. The number of fused-ring (bicyclic) bond motifs is 1. The summed E-state index contributed by atoms with van der Waals surface area (Å²) < 4.78 is 20.3. The van der Waals surface area contributed by atoms with E-state index >= 15 is 0 Å². The normalized spacial score (nSPS) is 20.2. The first kappa shape index (κ1) is 22.9. The number of nitrogens with zero attached hydrogens (tertiary/aromatic N) is 3. The fraction of sp³-hybridized carbons (Fsp3) is 0.462. The second-order valence-electron chi connectivity index (χ2n) is 10.3. The molecule has 1 atom stereocenters. The van der Waals surface area contributed by atoms with E-state index in [4.69, 9.17) is 4.74 Å². The Morgan fingerprint density at radius 3 is 2.83 bits per heavy atom. The second kappa shape index (κ2) is 8.55. The predicted octanol–water partition coefficient (Wildman–Crippen LogP) is 2.57. The van der Waals surface area contributed by atoms with E-state index in [0.29, 0.717) is 64.9 Å². The molecule has 2 amide bonds. The van der Waals surface area contributed by atoms with Gasteiger partial charge < -0.3 is 25.0 Å². The third-order valence-corrected chi connectivity index (χ3v) is 7.70. The number of H-pyrrole nitrogens is 1. The van der Waals surface area contributed by atoms with Gasteiger partial charge in [-0.1, -0.05) is 0 Å². The maximum atomic E-state index is 14.3. The maximum absolute atomic E-state index is 14.3. The molecule has 3 N–H and O–H groups in total. The number of carbonyl (C=O) groups is 2. The molecule has 0 bridgehead atoms. The Morgan fingerprint density at radius 1 is 1.31 bits per heavy atom. The summed E-state index contributed by atoms with van der Waals surface area (Å²) in [7, 11) is 0. The van der Waals surface area contributed by atoms with Crippen LogP contribution in [-0.4, -0.2) is 69.1 Å². The van der Waals surface area contributed by atoms with Crippen LogP contribution in [0.2, 0.25) is 0 Å². The van der Waals surface area contributed by atoms with Gasteiger partial charge in [0.1, 0.15) is 35.7 Å². The number of aliphatic hydroxyl groups is 1. The number of halogens is 1. The van der Waals surface area contributed by atoms with Crippen molar-refractivity contribution >= 4 is 22.8 Å². The number of aryl methyl sites for hydroxylation is 1. The molecule has 1 saturated heterocycles. The quantitative estimate of drug-likeness (QED) is 0.465. The van der Waals surface area contributed by atoms with Crippen LogP contribution in [0.5, 0.6) is 5.75 Å². The Kier molecular flexibility index (Phi) is 5.44. The Bertz CT molecular complexity index is 1360. The molecule has 2 saturated carbocycles. The zero-order chi connectivity index (χ0) is 25.0. The lowest BCUT2D eigenvalue weighted by Crippen LogP contribution is -2.42. The van der Waals surface area contributed by atoms with Crippen molar-refractivity contribution in [3.63, 3.8) is 0 Å². The van der Waals surface area contributed by atoms with Crippen LogP contribution in [0.4, 0.5) is 4.39 Å². The maximum Gasteiger partial charge on any atom is 0.255 e. The molecule has 2 aromatic heterocycles. The average Bonchev–Trinajstić information content (AvgIpc) is 3.77. The number of rotatable bonds is 7. The van der Waals surface area contributed by atoms with Crippen LogP contribution in [0.3, 0.4) is 0 Å². The molecule has 10 heteroatoms. The van der Waals surface area contributed by atoms with Crippen molar-refractivity contribution in [3.8, 4) is 17.0 Å². The molecule has 3 heterocycles. The van der Waals surface area contributed by atoms with E-state index < -0.39 is 12.4 Å². The highest BCUT2D eigenvalue weighted by Gasteiger charge is 2.56. The van der Waals surface area contributed by atoms with E-state index in [0.717, 1.165) is 25.7 Å². The number of hydrogen-bond donors (Lipinski definition) is 3. The van der Waals surface area contributed by atoms with Gasteiger partial charge in [0.25, 0.3) is 5.91 Å². The Hall–Kier alpha value is -3.53. The summed E-state index contributed by atoms with van der Waals surface area (Å²) in [5.41, 5.74) is 2.83. The molecule has 188 valence electrons. The van der Waals surface area contributed by atoms with Gasteiger partial charge in [-0.15, -0.1) is 0 Å². The highest BCUT2D eigenvalue weighted by Crippen LogP contribution is 2.53. The molecule has 2 aliphatic carbocycles. The van der Waals surface area contributed by atoms with Crippen molar-refractivity contribution in [2.75, 3.05) is 26.3 Å².